The van der Waals surface area contributed by atoms with Crippen molar-refractivity contribution in [1.82, 2.24) is 0 Å². The molecule has 0 aromatic heterocycles. The first-order chi connectivity index (χ1) is 7.20. The van der Waals surface area contributed by atoms with Crippen LogP contribution in [0.25, 0.3) is 11.1 Å². The van der Waals surface area contributed by atoms with Crippen LogP contribution in [0.3, 0.4) is 0 Å². The Kier molecular flexibility index (Phi) is 2.46. The molecule has 2 rings (SSSR count). The standard InChI is InChI=1S/C14H15N/c1-10-6-5-7-11(2)14(10)12-8-3-4-9-13(12)15/h3-9H,15H2,1-2H3. The molecule has 0 aliphatic heterocycles. The zero-order chi connectivity index (χ0) is 10.8. The highest BCUT2D eigenvalue weighted by atomic mass is 14.6. The van der Waals surface area contributed by atoms with E-state index in [1.807, 2.05) is 18.2 Å². The average Bonchev–Trinajstić information content (AvgIpc) is 2.20. The number of nitrogen functional groups attached to an aromatic ring is 1. The van der Waals surface area contributed by atoms with Crippen LogP contribution in [-0.4, -0.2) is 0 Å². The van der Waals surface area contributed by atoms with Gasteiger partial charge in [0.1, 0.15) is 0 Å². The molecule has 2 aromatic carbocycles. The summed E-state index contributed by atoms with van der Waals surface area (Å²) < 4.78 is 0. The van der Waals surface area contributed by atoms with Crippen LogP contribution in [0, 0.1) is 13.8 Å². The first kappa shape index (κ1) is 9.78. The van der Waals surface area contributed by atoms with Gasteiger partial charge >= 0.3 is 0 Å². The zero-order valence-corrected chi connectivity index (χ0v) is 9.12. The van der Waals surface area contributed by atoms with E-state index in [4.69, 9.17) is 5.73 Å². The van der Waals surface area contributed by atoms with Crippen molar-refractivity contribution in [3.05, 3.63) is 53.6 Å². The second-order valence-electron chi connectivity index (χ2n) is 3.85. The topological polar surface area (TPSA) is 26.0 Å². The first-order valence-electron chi connectivity index (χ1n) is 5.11. The molecule has 0 aliphatic rings. The Morgan fingerprint density at radius 3 is 2.00 bits per heavy atom. The van der Waals surface area contributed by atoms with Gasteiger partial charge in [-0.05, 0) is 36.6 Å². The maximum absolute atomic E-state index is 5.99. The maximum atomic E-state index is 5.99. The Morgan fingerprint density at radius 2 is 1.40 bits per heavy atom. The maximum Gasteiger partial charge on any atom is 0.0393 e. The Hall–Kier alpha value is -1.76. The monoisotopic (exact) mass is 197 g/mol. The minimum Gasteiger partial charge on any atom is -0.398 e. The van der Waals surface area contributed by atoms with E-state index in [0.29, 0.717) is 0 Å². The fourth-order valence-corrected chi connectivity index (χ4v) is 1.96. The molecule has 0 saturated heterocycles. The Labute approximate surface area is 90.6 Å². The SMILES string of the molecule is Cc1cccc(C)c1-c1ccccc1N. The van der Waals surface area contributed by atoms with Gasteiger partial charge in [-0.1, -0.05) is 36.4 Å². The van der Waals surface area contributed by atoms with Crippen molar-refractivity contribution in [2.75, 3.05) is 5.73 Å². The smallest absolute Gasteiger partial charge is 0.0393 e. The molecule has 0 radical (unpaired) electrons. The predicted octanol–water partition coefficient (Wildman–Crippen LogP) is 3.55. The molecule has 0 saturated carbocycles. The summed E-state index contributed by atoms with van der Waals surface area (Å²) in [5, 5.41) is 0. The molecule has 0 spiro atoms. The average molecular weight is 197 g/mol. The summed E-state index contributed by atoms with van der Waals surface area (Å²) in [5.74, 6) is 0. The number of aryl methyl sites for hydroxylation is 2. The van der Waals surface area contributed by atoms with Gasteiger partial charge in [0.2, 0.25) is 0 Å². The van der Waals surface area contributed by atoms with Gasteiger partial charge in [0.05, 0.1) is 0 Å². The number of anilines is 1. The number of para-hydroxylation sites is 1. The van der Waals surface area contributed by atoms with Crippen LogP contribution in [0.15, 0.2) is 42.5 Å². The van der Waals surface area contributed by atoms with Crippen molar-refractivity contribution in [2.45, 2.75) is 13.8 Å². The van der Waals surface area contributed by atoms with E-state index < -0.39 is 0 Å². The lowest BCUT2D eigenvalue weighted by Gasteiger charge is -2.11. The van der Waals surface area contributed by atoms with Gasteiger partial charge in [0.25, 0.3) is 0 Å². The van der Waals surface area contributed by atoms with Gasteiger partial charge in [-0.15, -0.1) is 0 Å². The molecule has 76 valence electrons. The normalized spacial score (nSPS) is 10.3. The summed E-state index contributed by atoms with van der Waals surface area (Å²) in [5.41, 5.74) is 11.8. The number of hydrogen-bond acceptors (Lipinski definition) is 1. The molecule has 2 aromatic rings. The molecule has 0 atom stereocenters. The van der Waals surface area contributed by atoms with Crippen molar-refractivity contribution in [3.63, 3.8) is 0 Å². The molecule has 0 bridgehead atoms. The van der Waals surface area contributed by atoms with Gasteiger partial charge in [-0.2, -0.15) is 0 Å². The highest BCUT2D eigenvalue weighted by Gasteiger charge is 2.06. The predicted molar refractivity (Wildman–Crippen MR) is 65.8 cm³/mol. The van der Waals surface area contributed by atoms with Crippen molar-refractivity contribution in [1.29, 1.82) is 0 Å². The molecular formula is C14H15N. The van der Waals surface area contributed by atoms with Crippen molar-refractivity contribution in [3.8, 4) is 11.1 Å². The van der Waals surface area contributed by atoms with Crippen LogP contribution in [0.4, 0.5) is 5.69 Å². The number of benzene rings is 2. The highest BCUT2D eigenvalue weighted by Crippen LogP contribution is 2.30. The van der Waals surface area contributed by atoms with Gasteiger partial charge in [0, 0.05) is 11.3 Å². The number of rotatable bonds is 1. The second-order valence-corrected chi connectivity index (χ2v) is 3.85. The van der Waals surface area contributed by atoms with E-state index in [2.05, 4.69) is 38.1 Å². The quantitative estimate of drug-likeness (QED) is 0.695. The van der Waals surface area contributed by atoms with Crippen LogP contribution in [-0.2, 0) is 0 Å². The third-order valence-corrected chi connectivity index (χ3v) is 2.71. The molecule has 0 aliphatic carbocycles. The zero-order valence-electron chi connectivity index (χ0n) is 9.12. The van der Waals surface area contributed by atoms with Crippen LogP contribution in [0.1, 0.15) is 11.1 Å². The summed E-state index contributed by atoms with van der Waals surface area (Å²) in [6.07, 6.45) is 0. The van der Waals surface area contributed by atoms with E-state index in [0.717, 1.165) is 11.3 Å². The lowest BCUT2D eigenvalue weighted by atomic mass is 9.95. The first-order valence-corrected chi connectivity index (χ1v) is 5.11. The van der Waals surface area contributed by atoms with Gasteiger partial charge < -0.3 is 5.73 Å². The third-order valence-electron chi connectivity index (χ3n) is 2.71. The van der Waals surface area contributed by atoms with E-state index in [1.54, 1.807) is 0 Å². The minimum atomic E-state index is 0.843. The van der Waals surface area contributed by atoms with Crippen molar-refractivity contribution < 1.29 is 0 Å². The molecular weight excluding hydrogens is 182 g/mol. The lowest BCUT2D eigenvalue weighted by Crippen LogP contribution is -1.93. The van der Waals surface area contributed by atoms with Crippen LogP contribution >= 0.6 is 0 Å². The van der Waals surface area contributed by atoms with E-state index in [-0.39, 0.29) is 0 Å². The summed E-state index contributed by atoms with van der Waals surface area (Å²) in [6.45, 7) is 4.24. The van der Waals surface area contributed by atoms with Gasteiger partial charge in [-0.3, -0.25) is 0 Å². The van der Waals surface area contributed by atoms with Crippen molar-refractivity contribution >= 4 is 5.69 Å². The largest absolute Gasteiger partial charge is 0.398 e. The molecule has 1 heteroatoms. The van der Waals surface area contributed by atoms with Crippen LogP contribution in [0.2, 0.25) is 0 Å². The van der Waals surface area contributed by atoms with E-state index in [1.165, 1.54) is 16.7 Å². The van der Waals surface area contributed by atoms with Crippen LogP contribution < -0.4 is 5.73 Å². The summed E-state index contributed by atoms with van der Waals surface area (Å²) in [7, 11) is 0. The highest BCUT2D eigenvalue weighted by molar-refractivity contribution is 5.80. The molecule has 0 heterocycles. The number of nitrogens with two attached hydrogens (primary N) is 1. The summed E-state index contributed by atoms with van der Waals surface area (Å²) in [4.78, 5) is 0. The molecule has 2 N–H and O–H groups in total. The van der Waals surface area contributed by atoms with Crippen molar-refractivity contribution in [2.24, 2.45) is 0 Å². The summed E-state index contributed by atoms with van der Waals surface area (Å²) >= 11 is 0. The Morgan fingerprint density at radius 1 is 0.800 bits per heavy atom. The van der Waals surface area contributed by atoms with E-state index >= 15 is 0 Å². The minimum absolute atomic E-state index is 0.843. The second kappa shape index (κ2) is 3.77. The number of hydrogen-bond donors (Lipinski definition) is 1. The molecule has 0 amide bonds. The van der Waals surface area contributed by atoms with Gasteiger partial charge in [0.15, 0.2) is 0 Å². The van der Waals surface area contributed by atoms with E-state index in [9.17, 15) is 0 Å². The molecule has 15 heavy (non-hydrogen) atoms. The summed E-state index contributed by atoms with van der Waals surface area (Å²) in [6, 6.07) is 14.3. The lowest BCUT2D eigenvalue weighted by molar-refractivity contribution is 1.38. The van der Waals surface area contributed by atoms with Gasteiger partial charge in [-0.25, -0.2) is 0 Å². The Balaban J connectivity index is 2.69. The molecule has 0 unspecified atom stereocenters. The third kappa shape index (κ3) is 1.73. The van der Waals surface area contributed by atoms with Crippen LogP contribution in [0.5, 0.6) is 0 Å². The molecule has 0 fully saturated rings. The fraction of sp³-hybridized carbons (Fsp3) is 0.143. The molecule has 1 nitrogen and oxygen atoms in total. The Bertz CT molecular complexity index is 466. The fourth-order valence-electron chi connectivity index (χ4n) is 1.96.